The van der Waals surface area contributed by atoms with Crippen LogP contribution in [0.2, 0.25) is 0 Å². The van der Waals surface area contributed by atoms with Gasteiger partial charge in [-0.05, 0) is 47.5 Å². The van der Waals surface area contributed by atoms with Crippen LogP contribution in [0.1, 0.15) is 16.7 Å². The predicted molar refractivity (Wildman–Crippen MR) is 118 cm³/mol. The molecule has 1 aliphatic rings. The molecule has 31 heavy (non-hydrogen) atoms. The molecule has 5 nitrogen and oxygen atoms in total. The largest absolute Gasteiger partial charge is 0.488 e. The van der Waals surface area contributed by atoms with Crippen LogP contribution < -0.4 is 10.1 Å². The van der Waals surface area contributed by atoms with Crippen LogP contribution >= 0.6 is 15.9 Å². The molecule has 156 valence electrons. The van der Waals surface area contributed by atoms with Crippen LogP contribution in [0, 0.1) is 5.82 Å². The number of carbonyl (C=O) groups is 2. The van der Waals surface area contributed by atoms with Crippen molar-refractivity contribution in [2.45, 2.75) is 13.2 Å². The Labute approximate surface area is 187 Å². The van der Waals surface area contributed by atoms with E-state index in [0.717, 1.165) is 14.9 Å². The van der Waals surface area contributed by atoms with Crippen LogP contribution in [0.4, 0.5) is 9.18 Å². The molecule has 3 aromatic rings. The van der Waals surface area contributed by atoms with Gasteiger partial charge in [-0.15, -0.1) is 0 Å². The van der Waals surface area contributed by atoms with Crippen molar-refractivity contribution in [3.05, 3.63) is 105 Å². The van der Waals surface area contributed by atoms with Crippen molar-refractivity contribution in [1.29, 1.82) is 0 Å². The molecule has 0 unspecified atom stereocenters. The van der Waals surface area contributed by atoms with Crippen LogP contribution in [0.3, 0.4) is 0 Å². The van der Waals surface area contributed by atoms with Gasteiger partial charge in [0.25, 0.3) is 5.91 Å². The van der Waals surface area contributed by atoms with E-state index in [1.165, 1.54) is 12.1 Å². The predicted octanol–water partition coefficient (Wildman–Crippen LogP) is 5.26. The van der Waals surface area contributed by atoms with Gasteiger partial charge in [-0.25, -0.2) is 9.18 Å². The fourth-order valence-electron chi connectivity index (χ4n) is 3.19. The Balaban J connectivity index is 1.55. The standard InChI is InChI=1S/C24H18BrFN2O3/c25-19-9-10-22(31-15-17-7-4-8-20(26)11-17)18(12-19)13-21-23(29)28(24(30)27-21)14-16-5-2-1-3-6-16/h1-13H,14-15H2,(H,27,30)/b21-13+. The van der Waals surface area contributed by atoms with Gasteiger partial charge in [0.15, 0.2) is 0 Å². The molecule has 0 saturated carbocycles. The average Bonchev–Trinajstić information content (AvgIpc) is 3.01. The lowest BCUT2D eigenvalue weighted by atomic mass is 10.1. The molecule has 0 bridgehead atoms. The van der Waals surface area contributed by atoms with Crippen molar-refractivity contribution in [3.63, 3.8) is 0 Å². The van der Waals surface area contributed by atoms with Gasteiger partial charge < -0.3 is 10.1 Å². The average molecular weight is 481 g/mol. The van der Waals surface area contributed by atoms with Gasteiger partial charge in [0.1, 0.15) is 23.9 Å². The molecule has 1 aliphatic heterocycles. The molecule has 7 heteroatoms. The molecule has 3 amide bonds. The highest BCUT2D eigenvalue weighted by Gasteiger charge is 2.33. The van der Waals surface area contributed by atoms with E-state index < -0.39 is 11.9 Å². The van der Waals surface area contributed by atoms with Crippen LogP contribution in [-0.2, 0) is 17.9 Å². The molecular weight excluding hydrogens is 463 g/mol. The Morgan fingerprint density at radius 3 is 2.52 bits per heavy atom. The Hall–Kier alpha value is -3.45. The number of amides is 3. The lowest BCUT2D eigenvalue weighted by molar-refractivity contribution is -0.123. The summed E-state index contributed by atoms with van der Waals surface area (Å²) in [5.41, 5.74) is 2.31. The number of imide groups is 1. The van der Waals surface area contributed by atoms with Crippen molar-refractivity contribution in [2.24, 2.45) is 0 Å². The maximum absolute atomic E-state index is 13.4. The van der Waals surface area contributed by atoms with Gasteiger partial charge in [-0.2, -0.15) is 0 Å². The first-order valence-corrected chi connectivity index (χ1v) is 10.3. The van der Waals surface area contributed by atoms with Crippen LogP contribution in [-0.4, -0.2) is 16.8 Å². The normalized spacial score (nSPS) is 14.8. The zero-order chi connectivity index (χ0) is 21.8. The quantitative estimate of drug-likeness (QED) is 0.386. The first kappa shape index (κ1) is 20.8. The number of hydrogen-bond donors (Lipinski definition) is 1. The van der Waals surface area contributed by atoms with Crippen LogP contribution in [0.25, 0.3) is 6.08 Å². The highest BCUT2D eigenvalue weighted by molar-refractivity contribution is 9.10. The lowest BCUT2D eigenvalue weighted by Gasteiger charge is -2.12. The Morgan fingerprint density at radius 2 is 1.74 bits per heavy atom. The van der Waals surface area contributed by atoms with E-state index in [4.69, 9.17) is 4.74 Å². The van der Waals surface area contributed by atoms with Crippen molar-refractivity contribution in [2.75, 3.05) is 0 Å². The molecule has 0 aliphatic carbocycles. The van der Waals surface area contributed by atoms with E-state index in [2.05, 4.69) is 21.2 Å². The monoisotopic (exact) mass is 480 g/mol. The van der Waals surface area contributed by atoms with Crippen LogP contribution in [0.15, 0.2) is 83.0 Å². The summed E-state index contributed by atoms with van der Waals surface area (Å²) in [5, 5.41) is 2.63. The highest BCUT2D eigenvalue weighted by atomic mass is 79.9. The van der Waals surface area contributed by atoms with E-state index in [1.807, 2.05) is 30.3 Å². The van der Waals surface area contributed by atoms with Crippen molar-refractivity contribution < 1.29 is 18.7 Å². The summed E-state index contributed by atoms with van der Waals surface area (Å²) in [6, 6.07) is 20.3. The molecular formula is C24H18BrFN2O3. The zero-order valence-electron chi connectivity index (χ0n) is 16.3. The fourth-order valence-corrected chi connectivity index (χ4v) is 3.57. The zero-order valence-corrected chi connectivity index (χ0v) is 17.9. The number of hydrogen-bond acceptors (Lipinski definition) is 3. The Kier molecular flexibility index (Phi) is 6.13. The third-order valence-corrected chi connectivity index (χ3v) is 5.19. The smallest absolute Gasteiger partial charge is 0.329 e. The lowest BCUT2D eigenvalue weighted by Crippen LogP contribution is -2.30. The second kappa shape index (κ2) is 9.14. The summed E-state index contributed by atoms with van der Waals surface area (Å²) < 4.78 is 20.1. The minimum atomic E-state index is -0.475. The van der Waals surface area contributed by atoms with E-state index in [-0.39, 0.29) is 24.7 Å². The fraction of sp³-hybridized carbons (Fsp3) is 0.0833. The van der Waals surface area contributed by atoms with Gasteiger partial charge in [-0.1, -0.05) is 58.4 Å². The first-order valence-electron chi connectivity index (χ1n) is 9.55. The summed E-state index contributed by atoms with van der Waals surface area (Å²) in [4.78, 5) is 26.3. The summed E-state index contributed by atoms with van der Waals surface area (Å²) in [6.07, 6.45) is 1.58. The maximum atomic E-state index is 13.4. The van der Waals surface area contributed by atoms with Gasteiger partial charge in [0.2, 0.25) is 0 Å². The third kappa shape index (κ3) is 5.00. The van der Waals surface area contributed by atoms with Crippen LogP contribution in [0.5, 0.6) is 5.75 Å². The number of rotatable bonds is 6. The van der Waals surface area contributed by atoms with E-state index >= 15 is 0 Å². The minimum absolute atomic E-state index is 0.162. The van der Waals surface area contributed by atoms with Gasteiger partial charge >= 0.3 is 6.03 Å². The molecule has 0 aromatic heterocycles. The second-order valence-corrected chi connectivity index (χ2v) is 7.88. The molecule has 1 fully saturated rings. The van der Waals surface area contributed by atoms with Crippen molar-refractivity contribution in [1.82, 2.24) is 10.2 Å². The number of ether oxygens (including phenoxy) is 1. The SMILES string of the molecule is O=C1N/C(=C/c2cc(Br)ccc2OCc2cccc(F)c2)C(=O)N1Cc1ccccc1. The van der Waals surface area contributed by atoms with Crippen molar-refractivity contribution in [3.8, 4) is 5.75 Å². The molecule has 1 heterocycles. The number of nitrogens with zero attached hydrogens (tertiary/aromatic N) is 1. The second-order valence-electron chi connectivity index (χ2n) is 6.97. The summed E-state index contributed by atoms with van der Waals surface area (Å²) in [7, 11) is 0. The summed E-state index contributed by atoms with van der Waals surface area (Å²) >= 11 is 3.42. The maximum Gasteiger partial charge on any atom is 0.329 e. The summed E-state index contributed by atoms with van der Waals surface area (Å²) in [5.74, 6) is -0.245. The van der Waals surface area contributed by atoms with E-state index in [0.29, 0.717) is 16.9 Å². The van der Waals surface area contributed by atoms with E-state index in [9.17, 15) is 14.0 Å². The van der Waals surface area contributed by atoms with Gasteiger partial charge in [0, 0.05) is 10.0 Å². The first-order chi connectivity index (χ1) is 15.0. The number of nitrogens with one attached hydrogen (secondary N) is 1. The number of benzene rings is 3. The minimum Gasteiger partial charge on any atom is -0.488 e. The number of carbonyl (C=O) groups excluding carboxylic acids is 2. The number of halogens is 2. The molecule has 1 N–H and O–H groups in total. The molecule has 0 radical (unpaired) electrons. The molecule has 0 atom stereocenters. The molecule has 3 aromatic carbocycles. The number of urea groups is 1. The van der Waals surface area contributed by atoms with Crippen molar-refractivity contribution >= 4 is 33.9 Å². The molecule has 0 spiro atoms. The highest BCUT2D eigenvalue weighted by Crippen LogP contribution is 2.27. The van der Waals surface area contributed by atoms with Gasteiger partial charge in [-0.3, -0.25) is 9.69 Å². The topological polar surface area (TPSA) is 58.6 Å². The van der Waals surface area contributed by atoms with Gasteiger partial charge in [0.05, 0.1) is 6.54 Å². The van der Waals surface area contributed by atoms with E-state index in [1.54, 1.807) is 36.4 Å². The molecule has 4 rings (SSSR count). The Bertz CT molecular complexity index is 1160. The molecule has 1 saturated heterocycles. The Morgan fingerprint density at radius 1 is 0.968 bits per heavy atom. The summed E-state index contributed by atoms with van der Waals surface area (Å²) in [6.45, 7) is 0.347. The third-order valence-electron chi connectivity index (χ3n) is 4.70.